The molecule has 0 radical (unpaired) electrons. The van der Waals surface area contributed by atoms with Gasteiger partial charge in [0.1, 0.15) is 5.75 Å². The summed E-state index contributed by atoms with van der Waals surface area (Å²) in [5, 5.41) is 2.90. The predicted molar refractivity (Wildman–Crippen MR) is 125 cm³/mol. The molecule has 1 unspecified atom stereocenters. The van der Waals surface area contributed by atoms with E-state index in [9.17, 15) is 13.2 Å². The molecule has 8 heteroatoms. The Bertz CT molecular complexity index is 1000. The topological polar surface area (TPSA) is 84.5 Å². The molecule has 1 amide bonds. The van der Waals surface area contributed by atoms with Gasteiger partial charge in [-0.15, -0.1) is 0 Å². The summed E-state index contributed by atoms with van der Waals surface area (Å²) in [5.41, 5.74) is 1.66. The summed E-state index contributed by atoms with van der Waals surface area (Å²) < 4.78 is 34.8. The largest absolute Gasteiger partial charge is 0.484 e. The summed E-state index contributed by atoms with van der Waals surface area (Å²) in [6.45, 7) is 3.54. The van der Waals surface area contributed by atoms with Gasteiger partial charge in [-0.25, -0.2) is 13.1 Å². The van der Waals surface area contributed by atoms with Crippen LogP contribution in [-0.2, 0) is 14.8 Å². The Morgan fingerprint density at radius 2 is 1.81 bits per heavy atom. The van der Waals surface area contributed by atoms with Gasteiger partial charge in [-0.05, 0) is 68.1 Å². The van der Waals surface area contributed by atoms with Crippen molar-refractivity contribution in [1.82, 2.24) is 10.0 Å². The molecule has 1 saturated carbocycles. The summed E-state index contributed by atoms with van der Waals surface area (Å²) in [4.78, 5) is 12.5. The number of carbonyl (C=O) groups is 1. The van der Waals surface area contributed by atoms with E-state index in [2.05, 4.69) is 26.0 Å². The first-order valence-corrected chi connectivity index (χ1v) is 12.8. The summed E-state index contributed by atoms with van der Waals surface area (Å²) in [5.74, 6) is 0.244. The highest BCUT2D eigenvalue weighted by molar-refractivity contribution is 9.10. The lowest BCUT2D eigenvalue weighted by Gasteiger charge is -2.22. The smallest absolute Gasteiger partial charge is 0.258 e. The number of carbonyl (C=O) groups excluding carboxylic acids is 1. The third-order valence-corrected chi connectivity index (χ3v) is 7.54. The Hall–Kier alpha value is -1.90. The summed E-state index contributed by atoms with van der Waals surface area (Å²) >= 11 is 3.40. The van der Waals surface area contributed by atoms with Gasteiger partial charge in [0.05, 0.1) is 10.9 Å². The highest BCUT2D eigenvalue weighted by atomic mass is 79.9. The van der Waals surface area contributed by atoms with Gasteiger partial charge in [-0.2, -0.15) is 0 Å². The van der Waals surface area contributed by atoms with Gasteiger partial charge >= 0.3 is 0 Å². The molecule has 2 N–H and O–H groups in total. The lowest BCUT2D eigenvalue weighted by molar-refractivity contribution is -0.123. The monoisotopic (exact) mass is 508 g/mol. The predicted octanol–water partition coefficient (Wildman–Crippen LogP) is 4.62. The van der Waals surface area contributed by atoms with Crippen molar-refractivity contribution in [3.8, 4) is 5.75 Å². The average Bonchev–Trinajstić information content (AvgIpc) is 2.73. The van der Waals surface area contributed by atoms with Crippen molar-refractivity contribution in [2.24, 2.45) is 0 Å². The Kier molecular flexibility index (Phi) is 8.13. The van der Waals surface area contributed by atoms with E-state index in [0.717, 1.165) is 35.7 Å². The lowest BCUT2D eigenvalue weighted by Crippen LogP contribution is -2.36. The number of aryl methyl sites for hydroxylation is 1. The first-order valence-electron chi connectivity index (χ1n) is 10.6. The minimum Gasteiger partial charge on any atom is -0.484 e. The first-order chi connectivity index (χ1) is 14.7. The second-order valence-electron chi connectivity index (χ2n) is 8.01. The number of halogens is 1. The fourth-order valence-corrected chi connectivity index (χ4v) is 5.37. The highest BCUT2D eigenvalue weighted by Crippen LogP contribution is 2.24. The van der Waals surface area contributed by atoms with Gasteiger partial charge in [0.2, 0.25) is 10.0 Å². The molecule has 1 aliphatic carbocycles. The van der Waals surface area contributed by atoms with Crippen molar-refractivity contribution < 1.29 is 17.9 Å². The number of ether oxygens (including phenoxy) is 1. The van der Waals surface area contributed by atoms with E-state index in [1.165, 1.54) is 12.5 Å². The quantitative estimate of drug-likeness (QED) is 0.544. The summed E-state index contributed by atoms with van der Waals surface area (Å²) in [6.07, 6.45) is 5.04. The maximum Gasteiger partial charge on any atom is 0.258 e. The van der Waals surface area contributed by atoms with Crippen molar-refractivity contribution in [3.05, 3.63) is 58.1 Å². The van der Waals surface area contributed by atoms with Crippen LogP contribution >= 0.6 is 15.9 Å². The van der Waals surface area contributed by atoms with Crippen molar-refractivity contribution in [2.45, 2.75) is 62.9 Å². The molecule has 0 heterocycles. The molecule has 0 saturated heterocycles. The van der Waals surface area contributed by atoms with E-state index in [1.54, 1.807) is 19.1 Å². The molecule has 0 aliphatic heterocycles. The molecule has 3 rings (SSSR count). The van der Waals surface area contributed by atoms with Gasteiger partial charge in [0.15, 0.2) is 6.61 Å². The van der Waals surface area contributed by atoms with Crippen LogP contribution in [-0.4, -0.2) is 27.0 Å². The maximum absolute atomic E-state index is 12.7. The van der Waals surface area contributed by atoms with Crippen LogP contribution < -0.4 is 14.8 Å². The van der Waals surface area contributed by atoms with Crippen LogP contribution in [0.4, 0.5) is 0 Å². The van der Waals surface area contributed by atoms with Gasteiger partial charge < -0.3 is 10.1 Å². The molecule has 1 fully saturated rings. The SMILES string of the molecule is Cc1cc(S(=O)(=O)NC2CCCCC2)ccc1OCC(=O)NC(C)c1ccc(Br)cc1. The highest BCUT2D eigenvalue weighted by Gasteiger charge is 2.22. The number of sulfonamides is 1. The molecular formula is C23H29BrN2O4S. The van der Waals surface area contributed by atoms with Gasteiger partial charge in [-0.1, -0.05) is 47.3 Å². The Morgan fingerprint density at radius 3 is 2.45 bits per heavy atom. The van der Waals surface area contributed by atoms with E-state index in [-0.39, 0.29) is 29.5 Å². The Labute approximate surface area is 193 Å². The Morgan fingerprint density at radius 1 is 1.13 bits per heavy atom. The number of nitrogens with one attached hydrogen (secondary N) is 2. The average molecular weight is 509 g/mol. The van der Waals surface area contributed by atoms with Crippen LogP contribution in [0.3, 0.4) is 0 Å². The second kappa shape index (κ2) is 10.6. The minimum absolute atomic E-state index is 0.00592. The molecule has 31 heavy (non-hydrogen) atoms. The third-order valence-electron chi connectivity index (χ3n) is 5.49. The molecule has 0 spiro atoms. The van der Waals surface area contributed by atoms with E-state index in [1.807, 2.05) is 31.2 Å². The normalized spacial score (nSPS) is 16.0. The number of amides is 1. The van der Waals surface area contributed by atoms with Crippen LogP contribution in [0.1, 0.15) is 56.2 Å². The second-order valence-corrected chi connectivity index (χ2v) is 10.6. The first kappa shape index (κ1) is 23.8. The molecular weight excluding hydrogens is 480 g/mol. The van der Waals surface area contributed by atoms with Crippen LogP contribution in [0.15, 0.2) is 51.8 Å². The fraction of sp³-hybridized carbons (Fsp3) is 0.435. The standard InChI is InChI=1S/C23H29BrN2O4S/c1-16-14-21(31(28,29)26-20-6-4-3-5-7-20)12-13-22(16)30-15-23(27)25-17(2)18-8-10-19(24)11-9-18/h8-14,17,20,26H,3-7,15H2,1-2H3,(H,25,27). The number of benzene rings is 2. The van der Waals surface area contributed by atoms with E-state index < -0.39 is 10.0 Å². The molecule has 168 valence electrons. The van der Waals surface area contributed by atoms with Crippen LogP contribution in [0.5, 0.6) is 5.75 Å². The Balaban J connectivity index is 1.56. The number of hydrogen-bond donors (Lipinski definition) is 2. The molecule has 2 aromatic rings. The molecule has 1 atom stereocenters. The third kappa shape index (κ3) is 6.79. The van der Waals surface area contributed by atoms with Gasteiger partial charge in [-0.3, -0.25) is 4.79 Å². The van der Waals surface area contributed by atoms with Crippen molar-refractivity contribution in [3.63, 3.8) is 0 Å². The van der Waals surface area contributed by atoms with Crippen LogP contribution in [0.25, 0.3) is 0 Å². The van der Waals surface area contributed by atoms with E-state index in [0.29, 0.717) is 11.3 Å². The zero-order chi connectivity index (χ0) is 22.4. The van der Waals surface area contributed by atoms with Crippen molar-refractivity contribution >= 4 is 31.9 Å². The zero-order valence-electron chi connectivity index (χ0n) is 17.9. The molecule has 1 aliphatic rings. The minimum atomic E-state index is -3.57. The molecule has 6 nitrogen and oxygen atoms in total. The fourth-order valence-electron chi connectivity index (χ4n) is 3.72. The lowest BCUT2D eigenvalue weighted by atomic mass is 9.96. The summed E-state index contributed by atoms with van der Waals surface area (Å²) in [6, 6.07) is 12.3. The zero-order valence-corrected chi connectivity index (χ0v) is 20.3. The number of rotatable bonds is 8. The number of hydrogen-bond acceptors (Lipinski definition) is 4. The van der Waals surface area contributed by atoms with Gasteiger partial charge in [0, 0.05) is 10.5 Å². The molecule has 0 aromatic heterocycles. The van der Waals surface area contributed by atoms with Crippen molar-refractivity contribution in [1.29, 1.82) is 0 Å². The van der Waals surface area contributed by atoms with Crippen LogP contribution in [0.2, 0.25) is 0 Å². The van der Waals surface area contributed by atoms with E-state index >= 15 is 0 Å². The van der Waals surface area contributed by atoms with Gasteiger partial charge in [0.25, 0.3) is 5.91 Å². The van der Waals surface area contributed by atoms with Crippen LogP contribution in [0, 0.1) is 6.92 Å². The van der Waals surface area contributed by atoms with E-state index in [4.69, 9.17) is 4.74 Å². The summed E-state index contributed by atoms with van der Waals surface area (Å²) in [7, 11) is -3.57. The molecule has 2 aromatic carbocycles. The maximum atomic E-state index is 12.7. The van der Waals surface area contributed by atoms with Crippen molar-refractivity contribution in [2.75, 3.05) is 6.61 Å². The molecule has 0 bridgehead atoms.